The maximum Gasteiger partial charge on any atom is 0.293 e. The van der Waals surface area contributed by atoms with Crippen molar-refractivity contribution in [3.05, 3.63) is 63.7 Å². The molecule has 0 aliphatic rings. The van der Waals surface area contributed by atoms with Gasteiger partial charge in [0.05, 0.1) is 32.7 Å². The second-order valence-corrected chi connectivity index (χ2v) is 5.94. The zero-order valence-electron chi connectivity index (χ0n) is 14.5. The van der Waals surface area contributed by atoms with Gasteiger partial charge in [0.1, 0.15) is 23.8 Å². The van der Waals surface area contributed by atoms with Crippen molar-refractivity contribution in [3.8, 4) is 5.75 Å². The van der Waals surface area contributed by atoms with Gasteiger partial charge in [-0.1, -0.05) is 0 Å². The molecule has 0 unspecified atom stereocenters. The molecular formula is C18H22N3O4+. The molecule has 2 N–H and O–H groups in total. The van der Waals surface area contributed by atoms with E-state index in [9.17, 15) is 14.9 Å². The average Bonchev–Trinajstić information content (AvgIpc) is 2.62. The number of nitrogens with one attached hydrogen (secondary N) is 2. The van der Waals surface area contributed by atoms with Crippen molar-refractivity contribution in [3.63, 3.8) is 0 Å². The van der Waals surface area contributed by atoms with Gasteiger partial charge in [-0.2, -0.15) is 0 Å². The van der Waals surface area contributed by atoms with Crippen LogP contribution in [0.25, 0.3) is 0 Å². The molecule has 2 aromatic carbocycles. The van der Waals surface area contributed by atoms with Crippen molar-refractivity contribution in [2.24, 2.45) is 0 Å². The molecule has 0 radical (unpaired) electrons. The predicted molar refractivity (Wildman–Crippen MR) is 95.5 cm³/mol. The highest BCUT2D eigenvalue weighted by molar-refractivity contribution is 5.79. The Morgan fingerprint density at radius 1 is 1.24 bits per heavy atom. The molecule has 0 saturated heterocycles. The Morgan fingerprint density at radius 2 is 1.92 bits per heavy atom. The number of anilines is 1. The summed E-state index contributed by atoms with van der Waals surface area (Å²) in [6.07, 6.45) is 0.598. The molecule has 0 bridgehead atoms. The molecule has 0 heterocycles. The number of quaternary nitrogens is 1. The van der Waals surface area contributed by atoms with E-state index in [0.29, 0.717) is 18.5 Å². The fourth-order valence-electron chi connectivity index (χ4n) is 2.63. The van der Waals surface area contributed by atoms with Crippen molar-refractivity contribution in [2.45, 2.75) is 6.04 Å². The molecule has 25 heavy (non-hydrogen) atoms. The van der Waals surface area contributed by atoms with E-state index in [2.05, 4.69) is 5.32 Å². The first kappa shape index (κ1) is 18.4. The number of nitro benzene ring substituents is 1. The Balaban J connectivity index is 2.21. The van der Waals surface area contributed by atoms with Gasteiger partial charge in [0.25, 0.3) is 5.69 Å². The number of hydrogen-bond acceptors (Lipinski definition) is 5. The lowest BCUT2D eigenvalue weighted by Crippen LogP contribution is -3.06. The van der Waals surface area contributed by atoms with Crippen LogP contribution < -0.4 is 15.0 Å². The summed E-state index contributed by atoms with van der Waals surface area (Å²) in [6, 6.07) is 12.3. The average molecular weight is 344 g/mol. The fraction of sp³-hybridized carbons (Fsp3) is 0.278. The van der Waals surface area contributed by atoms with E-state index in [0.717, 1.165) is 11.3 Å². The number of rotatable bonds is 8. The van der Waals surface area contributed by atoms with E-state index >= 15 is 0 Å². The van der Waals surface area contributed by atoms with Crippen LogP contribution in [0.3, 0.4) is 0 Å². The molecule has 0 saturated carbocycles. The van der Waals surface area contributed by atoms with Gasteiger partial charge in [-0.15, -0.1) is 0 Å². The number of ether oxygens (including phenoxy) is 1. The van der Waals surface area contributed by atoms with Crippen LogP contribution in [0.15, 0.2) is 42.5 Å². The van der Waals surface area contributed by atoms with Crippen LogP contribution in [0.4, 0.5) is 11.4 Å². The van der Waals surface area contributed by atoms with Gasteiger partial charge in [-0.25, -0.2) is 0 Å². The zero-order chi connectivity index (χ0) is 18.4. The third-order valence-corrected chi connectivity index (χ3v) is 4.07. The lowest BCUT2D eigenvalue weighted by molar-refractivity contribution is -0.890. The summed E-state index contributed by atoms with van der Waals surface area (Å²) in [7, 11) is 5.67. The van der Waals surface area contributed by atoms with Crippen LogP contribution in [0, 0.1) is 10.1 Å². The molecule has 0 spiro atoms. The molecule has 0 amide bonds. The van der Waals surface area contributed by atoms with Crippen LogP contribution in [-0.2, 0) is 0 Å². The van der Waals surface area contributed by atoms with Crippen LogP contribution in [0.2, 0.25) is 0 Å². The van der Waals surface area contributed by atoms with Gasteiger partial charge in [0.15, 0.2) is 0 Å². The standard InChI is InChI=1S/C18H21N3O4/c1-20(2)18(14-5-7-15(25-3)8-6-14)11-19-16-9-4-13(12-22)10-17(16)21(23)24/h4-10,12,18-19H,11H2,1-3H3/p+1/t18-/m1/s1. The summed E-state index contributed by atoms with van der Waals surface area (Å²) in [5.41, 5.74) is 1.67. The van der Waals surface area contributed by atoms with Gasteiger partial charge in [-0.3, -0.25) is 14.9 Å². The number of nitrogens with zero attached hydrogens (tertiary/aromatic N) is 1. The largest absolute Gasteiger partial charge is 0.497 e. The number of likely N-dealkylation sites (N-methyl/N-ethyl adjacent to an activating group) is 1. The molecule has 0 aliphatic heterocycles. The van der Waals surface area contributed by atoms with Crippen LogP contribution >= 0.6 is 0 Å². The van der Waals surface area contributed by atoms with Gasteiger partial charge < -0.3 is 15.0 Å². The Labute approximate surface area is 146 Å². The number of nitro groups is 1. The molecule has 1 atom stereocenters. The van der Waals surface area contributed by atoms with Crippen LogP contribution in [-0.4, -0.2) is 39.0 Å². The number of benzene rings is 2. The van der Waals surface area contributed by atoms with Crippen molar-refractivity contribution >= 4 is 17.7 Å². The van der Waals surface area contributed by atoms with Gasteiger partial charge in [0, 0.05) is 17.2 Å². The Kier molecular flexibility index (Phi) is 6.08. The number of carbonyl (C=O) groups excluding carboxylic acids is 1. The molecule has 0 aromatic heterocycles. The quantitative estimate of drug-likeness (QED) is 0.433. The van der Waals surface area contributed by atoms with E-state index in [-0.39, 0.29) is 17.3 Å². The lowest BCUT2D eigenvalue weighted by Gasteiger charge is -2.23. The topological polar surface area (TPSA) is 85.9 Å². The third-order valence-electron chi connectivity index (χ3n) is 4.07. The highest BCUT2D eigenvalue weighted by atomic mass is 16.6. The van der Waals surface area contributed by atoms with Crippen molar-refractivity contribution in [1.29, 1.82) is 0 Å². The predicted octanol–water partition coefficient (Wildman–Crippen LogP) is 1.71. The number of carbonyl (C=O) groups is 1. The Morgan fingerprint density at radius 3 is 2.44 bits per heavy atom. The molecule has 0 fully saturated rings. The van der Waals surface area contributed by atoms with Crippen LogP contribution in [0.1, 0.15) is 22.0 Å². The second kappa shape index (κ2) is 8.25. The minimum Gasteiger partial charge on any atom is -0.497 e. The number of methoxy groups -OCH3 is 1. The van der Waals surface area contributed by atoms with E-state index in [1.54, 1.807) is 19.2 Å². The Bertz CT molecular complexity index is 744. The Hall–Kier alpha value is -2.93. The first-order valence-electron chi connectivity index (χ1n) is 7.87. The summed E-state index contributed by atoms with van der Waals surface area (Å²) >= 11 is 0. The minimum atomic E-state index is -0.486. The zero-order valence-corrected chi connectivity index (χ0v) is 14.5. The molecule has 7 nitrogen and oxygen atoms in total. The third kappa shape index (κ3) is 4.54. The van der Waals surface area contributed by atoms with Gasteiger partial charge in [-0.05, 0) is 36.4 Å². The fourth-order valence-corrected chi connectivity index (χ4v) is 2.63. The SMILES string of the molecule is COc1ccc([C@@H](CNc2ccc(C=O)cc2[N+](=O)[O-])[NH+](C)C)cc1. The van der Waals surface area contributed by atoms with Crippen molar-refractivity contribution < 1.29 is 19.4 Å². The van der Waals surface area contributed by atoms with Gasteiger partial charge >= 0.3 is 0 Å². The second-order valence-electron chi connectivity index (χ2n) is 5.94. The van der Waals surface area contributed by atoms with Crippen molar-refractivity contribution in [1.82, 2.24) is 0 Å². The molecule has 132 valence electrons. The summed E-state index contributed by atoms with van der Waals surface area (Å²) in [4.78, 5) is 22.8. The normalized spacial score (nSPS) is 11.8. The van der Waals surface area contributed by atoms with Gasteiger partial charge in [0.2, 0.25) is 0 Å². The van der Waals surface area contributed by atoms with E-state index in [1.165, 1.54) is 11.0 Å². The minimum absolute atomic E-state index is 0.0938. The first-order chi connectivity index (χ1) is 12.0. The van der Waals surface area contributed by atoms with E-state index < -0.39 is 4.92 Å². The summed E-state index contributed by atoms with van der Waals surface area (Å²) in [6.45, 7) is 0.510. The number of aldehydes is 1. The van der Waals surface area contributed by atoms with Crippen LogP contribution in [0.5, 0.6) is 5.75 Å². The monoisotopic (exact) mass is 344 g/mol. The summed E-state index contributed by atoms with van der Waals surface area (Å²) in [5.74, 6) is 0.782. The summed E-state index contributed by atoms with van der Waals surface area (Å²) < 4.78 is 5.18. The first-order valence-corrected chi connectivity index (χ1v) is 7.87. The molecule has 7 heteroatoms. The van der Waals surface area contributed by atoms with E-state index in [4.69, 9.17) is 4.74 Å². The molecular weight excluding hydrogens is 322 g/mol. The maximum absolute atomic E-state index is 11.2. The van der Waals surface area contributed by atoms with E-state index in [1.807, 2.05) is 38.4 Å². The highest BCUT2D eigenvalue weighted by Crippen LogP contribution is 2.26. The smallest absolute Gasteiger partial charge is 0.293 e. The molecule has 0 aliphatic carbocycles. The van der Waals surface area contributed by atoms with Crippen molar-refractivity contribution in [2.75, 3.05) is 33.1 Å². The highest BCUT2D eigenvalue weighted by Gasteiger charge is 2.20. The molecule has 2 aromatic rings. The number of hydrogen-bond donors (Lipinski definition) is 2. The summed E-state index contributed by atoms with van der Waals surface area (Å²) in [5, 5.41) is 14.4. The lowest BCUT2D eigenvalue weighted by atomic mass is 10.1. The maximum atomic E-state index is 11.2. The molecule has 2 rings (SSSR count).